The van der Waals surface area contributed by atoms with Crippen molar-refractivity contribution >= 4 is 33.7 Å². The third-order valence-corrected chi connectivity index (χ3v) is 5.01. The summed E-state index contributed by atoms with van der Waals surface area (Å²) >= 11 is 0. The zero-order valence-electron chi connectivity index (χ0n) is 14.6. The van der Waals surface area contributed by atoms with Crippen LogP contribution >= 0.6 is 0 Å². The van der Waals surface area contributed by atoms with Crippen LogP contribution in [0.2, 0.25) is 0 Å². The molecule has 0 unspecified atom stereocenters. The molecule has 7 heteroatoms. The summed E-state index contributed by atoms with van der Waals surface area (Å²) in [6.45, 7) is 1.25. The number of nitrogens with one attached hydrogen (secondary N) is 1. The average molecular weight is 358 g/mol. The SMILES string of the molecule is Nc1nc2cc(-c3cccnc3)ccc2c2nc(CN3CCCC3=O)[nH]c12. The molecule has 3 aromatic heterocycles. The topological polar surface area (TPSA) is 101 Å². The van der Waals surface area contributed by atoms with E-state index in [1.54, 1.807) is 6.20 Å². The monoisotopic (exact) mass is 358 g/mol. The van der Waals surface area contributed by atoms with E-state index in [1.165, 1.54) is 0 Å². The zero-order chi connectivity index (χ0) is 18.4. The Kier molecular flexibility index (Phi) is 3.53. The number of benzene rings is 1. The molecule has 1 aromatic carbocycles. The van der Waals surface area contributed by atoms with Crippen LogP contribution in [0.1, 0.15) is 18.7 Å². The highest BCUT2D eigenvalue weighted by molar-refractivity contribution is 6.07. The molecule has 134 valence electrons. The molecular formula is C20H18N6O. The first-order valence-corrected chi connectivity index (χ1v) is 8.95. The van der Waals surface area contributed by atoms with E-state index in [2.05, 4.69) is 15.0 Å². The fourth-order valence-corrected chi connectivity index (χ4v) is 3.65. The van der Waals surface area contributed by atoms with Crippen molar-refractivity contribution in [2.45, 2.75) is 19.4 Å². The number of H-pyrrole nitrogens is 1. The molecule has 1 fully saturated rings. The van der Waals surface area contributed by atoms with Crippen LogP contribution < -0.4 is 5.73 Å². The average Bonchev–Trinajstić information content (AvgIpc) is 3.29. The molecule has 7 nitrogen and oxygen atoms in total. The van der Waals surface area contributed by atoms with E-state index in [0.29, 0.717) is 18.8 Å². The van der Waals surface area contributed by atoms with Crippen LogP contribution in [0.15, 0.2) is 42.7 Å². The number of rotatable bonds is 3. The highest BCUT2D eigenvalue weighted by atomic mass is 16.2. The smallest absolute Gasteiger partial charge is 0.223 e. The Morgan fingerprint density at radius 1 is 1.19 bits per heavy atom. The van der Waals surface area contributed by atoms with E-state index in [0.717, 1.165) is 51.9 Å². The van der Waals surface area contributed by atoms with Crippen molar-refractivity contribution in [1.82, 2.24) is 24.8 Å². The minimum absolute atomic E-state index is 0.174. The van der Waals surface area contributed by atoms with Crippen molar-refractivity contribution in [2.24, 2.45) is 0 Å². The third-order valence-electron chi connectivity index (χ3n) is 5.01. The van der Waals surface area contributed by atoms with Gasteiger partial charge in [0.05, 0.1) is 12.1 Å². The van der Waals surface area contributed by atoms with Gasteiger partial charge in [-0.3, -0.25) is 9.78 Å². The Hall–Kier alpha value is -3.48. The van der Waals surface area contributed by atoms with Gasteiger partial charge >= 0.3 is 0 Å². The van der Waals surface area contributed by atoms with E-state index >= 15 is 0 Å². The number of imidazole rings is 1. The molecule has 0 spiro atoms. The summed E-state index contributed by atoms with van der Waals surface area (Å²) in [6, 6.07) is 9.97. The lowest BCUT2D eigenvalue weighted by molar-refractivity contribution is -0.128. The standard InChI is InChI=1S/C20H18N6O/c21-20-19-18(24-16(25-19)11-26-8-2-4-17(26)27)14-6-5-12(9-15(14)23-20)13-3-1-7-22-10-13/h1,3,5-7,9-10H,2,4,8,11H2,(H2,21,23)(H,24,25). The van der Waals surface area contributed by atoms with Crippen molar-refractivity contribution in [1.29, 1.82) is 0 Å². The van der Waals surface area contributed by atoms with Gasteiger partial charge in [-0.15, -0.1) is 0 Å². The largest absolute Gasteiger partial charge is 0.382 e. The summed E-state index contributed by atoms with van der Waals surface area (Å²) in [7, 11) is 0. The summed E-state index contributed by atoms with van der Waals surface area (Å²) in [5.74, 6) is 1.32. The number of anilines is 1. The maximum Gasteiger partial charge on any atom is 0.223 e. The number of aromatic nitrogens is 4. The first kappa shape index (κ1) is 15.7. The molecule has 0 saturated carbocycles. The van der Waals surface area contributed by atoms with Crippen LogP contribution in [0.5, 0.6) is 0 Å². The second-order valence-electron chi connectivity index (χ2n) is 6.80. The molecule has 4 aromatic rings. The van der Waals surface area contributed by atoms with Crippen molar-refractivity contribution < 1.29 is 4.79 Å². The fourth-order valence-electron chi connectivity index (χ4n) is 3.65. The van der Waals surface area contributed by atoms with Gasteiger partial charge in [0.25, 0.3) is 0 Å². The van der Waals surface area contributed by atoms with Crippen LogP contribution in [0, 0.1) is 0 Å². The predicted molar refractivity (Wildman–Crippen MR) is 104 cm³/mol. The van der Waals surface area contributed by atoms with Gasteiger partial charge < -0.3 is 15.6 Å². The number of fused-ring (bicyclic) bond motifs is 3. The summed E-state index contributed by atoms with van der Waals surface area (Å²) < 4.78 is 0. The maximum atomic E-state index is 11.9. The number of pyridine rings is 2. The minimum Gasteiger partial charge on any atom is -0.382 e. The first-order valence-electron chi connectivity index (χ1n) is 8.95. The van der Waals surface area contributed by atoms with Gasteiger partial charge in [0, 0.05) is 36.3 Å². The van der Waals surface area contributed by atoms with Gasteiger partial charge in [0.2, 0.25) is 5.91 Å². The number of carbonyl (C=O) groups is 1. The number of hydrogen-bond acceptors (Lipinski definition) is 5. The molecule has 1 amide bonds. The molecular weight excluding hydrogens is 340 g/mol. The lowest BCUT2D eigenvalue weighted by Crippen LogP contribution is -2.24. The van der Waals surface area contributed by atoms with Crippen LogP contribution in [0.3, 0.4) is 0 Å². The zero-order valence-corrected chi connectivity index (χ0v) is 14.6. The fraction of sp³-hybridized carbons (Fsp3) is 0.200. The van der Waals surface area contributed by atoms with E-state index in [4.69, 9.17) is 10.7 Å². The Labute approximate surface area is 155 Å². The molecule has 0 radical (unpaired) electrons. The number of likely N-dealkylation sites (tertiary alicyclic amines) is 1. The first-order chi connectivity index (χ1) is 13.2. The van der Waals surface area contributed by atoms with Crippen LogP contribution in [-0.4, -0.2) is 37.3 Å². The molecule has 3 N–H and O–H groups in total. The molecule has 0 atom stereocenters. The molecule has 1 saturated heterocycles. The van der Waals surface area contributed by atoms with E-state index in [1.807, 2.05) is 41.4 Å². The normalized spacial score (nSPS) is 14.5. The van der Waals surface area contributed by atoms with Gasteiger partial charge in [-0.1, -0.05) is 12.1 Å². The number of aromatic amines is 1. The van der Waals surface area contributed by atoms with Gasteiger partial charge in [0.15, 0.2) is 0 Å². The van der Waals surface area contributed by atoms with Crippen LogP contribution in [-0.2, 0) is 11.3 Å². The Bertz CT molecular complexity index is 1170. The number of hydrogen-bond donors (Lipinski definition) is 2. The highest BCUT2D eigenvalue weighted by Crippen LogP contribution is 2.30. The van der Waals surface area contributed by atoms with Crippen molar-refractivity contribution in [3.8, 4) is 11.1 Å². The van der Waals surface area contributed by atoms with Crippen LogP contribution in [0.4, 0.5) is 5.82 Å². The molecule has 1 aliphatic rings. The van der Waals surface area contributed by atoms with Gasteiger partial charge in [-0.25, -0.2) is 9.97 Å². The lowest BCUT2D eigenvalue weighted by Gasteiger charge is -2.12. The number of amides is 1. The van der Waals surface area contributed by atoms with Gasteiger partial charge in [-0.2, -0.15) is 0 Å². The third kappa shape index (κ3) is 2.68. The Morgan fingerprint density at radius 3 is 2.89 bits per heavy atom. The van der Waals surface area contributed by atoms with Crippen molar-refractivity contribution in [3.05, 3.63) is 48.5 Å². The number of nitrogen functional groups attached to an aromatic ring is 1. The Balaban J connectivity index is 1.60. The van der Waals surface area contributed by atoms with E-state index in [9.17, 15) is 4.79 Å². The summed E-state index contributed by atoms with van der Waals surface area (Å²) in [6.07, 6.45) is 5.09. The molecule has 5 rings (SSSR count). The van der Waals surface area contributed by atoms with E-state index < -0.39 is 0 Å². The van der Waals surface area contributed by atoms with Crippen molar-refractivity contribution in [2.75, 3.05) is 12.3 Å². The minimum atomic E-state index is 0.174. The second-order valence-corrected chi connectivity index (χ2v) is 6.80. The highest BCUT2D eigenvalue weighted by Gasteiger charge is 2.22. The molecule has 0 bridgehead atoms. The van der Waals surface area contributed by atoms with Crippen LogP contribution in [0.25, 0.3) is 33.1 Å². The summed E-state index contributed by atoms with van der Waals surface area (Å²) in [4.78, 5) is 30.4. The quantitative estimate of drug-likeness (QED) is 0.586. The number of nitrogens with zero attached hydrogens (tertiary/aromatic N) is 4. The number of carbonyl (C=O) groups excluding carboxylic acids is 1. The predicted octanol–water partition coefficient (Wildman–Crippen LogP) is 2.88. The lowest BCUT2D eigenvalue weighted by atomic mass is 10.0. The summed E-state index contributed by atoms with van der Waals surface area (Å²) in [5, 5.41) is 0.932. The van der Waals surface area contributed by atoms with Crippen molar-refractivity contribution in [3.63, 3.8) is 0 Å². The molecule has 0 aliphatic carbocycles. The number of nitrogens with two attached hydrogens (primary N) is 1. The van der Waals surface area contributed by atoms with E-state index in [-0.39, 0.29) is 5.91 Å². The van der Waals surface area contributed by atoms with Gasteiger partial charge in [0.1, 0.15) is 22.7 Å². The Morgan fingerprint density at radius 2 is 2.11 bits per heavy atom. The maximum absolute atomic E-state index is 11.9. The molecule has 27 heavy (non-hydrogen) atoms. The summed E-state index contributed by atoms with van der Waals surface area (Å²) in [5.41, 5.74) is 10.5. The van der Waals surface area contributed by atoms with Gasteiger partial charge in [-0.05, 0) is 30.2 Å². The molecule has 4 heterocycles. The second kappa shape index (κ2) is 6.05. The molecule has 1 aliphatic heterocycles.